The molecule has 0 radical (unpaired) electrons. The number of hydrogen-bond acceptors (Lipinski definition) is 5. The van der Waals surface area contributed by atoms with Crippen LogP contribution in [0.2, 0.25) is 0 Å². The smallest absolute Gasteiger partial charge is 0.407 e. The van der Waals surface area contributed by atoms with Gasteiger partial charge in [-0.2, -0.15) is 0 Å². The highest BCUT2D eigenvalue weighted by Gasteiger charge is 2.16. The van der Waals surface area contributed by atoms with Gasteiger partial charge in [0.15, 0.2) is 0 Å². The van der Waals surface area contributed by atoms with E-state index in [1.807, 2.05) is 59.7 Å². The minimum absolute atomic E-state index is 0.0105. The molecule has 0 spiro atoms. The number of ether oxygens (including phenoxy) is 3. The number of carbonyl (C=O) groups excluding carboxylic acids is 2. The lowest BCUT2D eigenvalue weighted by molar-refractivity contribution is -0.160. The summed E-state index contributed by atoms with van der Waals surface area (Å²) in [5.41, 5.74) is 1.31. The number of amides is 1. The molecule has 0 saturated carbocycles. The molecule has 6 heteroatoms. The van der Waals surface area contributed by atoms with Crippen molar-refractivity contribution in [3.05, 3.63) is 35.4 Å². The monoisotopic (exact) mass is 459 g/mol. The molecule has 0 heterocycles. The van der Waals surface area contributed by atoms with Crippen LogP contribution in [0.15, 0.2) is 24.3 Å². The van der Waals surface area contributed by atoms with Gasteiger partial charge in [0, 0.05) is 25.1 Å². The van der Waals surface area contributed by atoms with Crippen LogP contribution in [-0.2, 0) is 25.4 Å². The molecular weight excluding hydrogens is 418 g/mol. The van der Waals surface area contributed by atoms with Gasteiger partial charge in [0.1, 0.15) is 17.8 Å². The molecule has 0 aliphatic rings. The fourth-order valence-electron chi connectivity index (χ4n) is 2.96. The van der Waals surface area contributed by atoms with Crippen molar-refractivity contribution in [2.24, 2.45) is 0 Å². The van der Waals surface area contributed by atoms with Gasteiger partial charge in [-0.15, -0.1) is 0 Å². The Hall–Kier alpha value is -2.52. The van der Waals surface area contributed by atoms with Gasteiger partial charge in [0.05, 0.1) is 0 Å². The van der Waals surface area contributed by atoms with Crippen molar-refractivity contribution >= 4 is 12.1 Å². The molecule has 0 aliphatic carbocycles. The molecule has 0 bridgehead atoms. The molecule has 1 N–H and O–H groups in total. The molecule has 1 amide bonds. The lowest BCUT2D eigenvalue weighted by Crippen LogP contribution is -2.32. The third kappa shape index (κ3) is 15.8. The second kappa shape index (κ2) is 14.6. The molecule has 0 fully saturated rings. The highest BCUT2D eigenvalue weighted by atomic mass is 16.6. The fraction of sp³-hybridized carbons (Fsp3) is 0.630. The highest BCUT2D eigenvalue weighted by Crippen LogP contribution is 2.13. The van der Waals surface area contributed by atoms with Crippen molar-refractivity contribution in [1.29, 1.82) is 0 Å². The van der Waals surface area contributed by atoms with Crippen molar-refractivity contribution in [3.8, 4) is 11.8 Å². The number of esters is 1. The van der Waals surface area contributed by atoms with Crippen LogP contribution in [0.25, 0.3) is 0 Å². The summed E-state index contributed by atoms with van der Waals surface area (Å²) in [6.07, 6.45) is 5.27. The van der Waals surface area contributed by atoms with Gasteiger partial charge in [0.25, 0.3) is 0 Å². The molecular formula is C27H41NO5. The van der Waals surface area contributed by atoms with Crippen LogP contribution in [0.3, 0.4) is 0 Å². The van der Waals surface area contributed by atoms with E-state index >= 15 is 0 Å². The van der Waals surface area contributed by atoms with Crippen LogP contribution < -0.4 is 5.32 Å². The maximum atomic E-state index is 11.6. The van der Waals surface area contributed by atoms with Gasteiger partial charge >= 0.3 is 12.1 Å². The molecule has 0 saturated heterocycles. The Morgan fingerprint density at radius 3 is 2.27 bits per heavy atom. The van der Waals surface area contributed by atoms with Crippen molar-refractivity contribution in [1.82, 2.24) is 5.32 Å². The summed E-state index contributed by atoms with van der Waals surface area (Å²) in [7, 11) is 0. The van der Waals surface area contributed by atoms with E-state index in [2.05, 4.69) is 23.2 Å². The van der Waals surface area contributed by atoms with Crippen LogP contribution in [-0.4, -0.2) is 43.0 Å². The van der Waals surface area contributed by atoms with Crippen molar-refractivity contribution in [3.63, 3.8) is 0 Å². The van der Waals surface area contributed by atoms with Crippen LogP contribution in [0, 0.1) is 11.8 Å². The summed E-state index contributed by atoms with van der Waals surface area (Å²) in [4.78, 5) is 23.2. The minimum atomic E-state index is -0.498. The third-order valence-corrected chi connectivity index (χ3v) is 4.28. The topological polar surface area (TPSA) is 73.9 Å². The number of alkyl carbamates (subject to hydrolysis) is 1. The second-order valence-corrected chi connectivity index (χ2v) is 9.94. The average molecular weight is 460 g/mol. The number of benzene rings is 1. The average Bonchev–Trinajstić information content (AvgIpc) is 2.68. The summed E-state index contributed by atoms with van der Waals surface area (Å²) >= 11 is 0. The van der Waals surface area contributed by atoms with Crippen molar-refractivity contribution in [2.45, 2.75) is 91.3 Å². The molecule has 0 aromatic heterocycles. The van der Waals surface area contributed by atoms with E-state index in [1.165, 1.54) is 5.56 Å². The molecule has 0 aliphatic heterocycles. The van der Waals surface area contributed by atoms with E-state index in [0.717, 1.165) is 37.7 Å². The SMILES string of the molecule is CC(C)(C)OC(=O)COCCCCCCc1ccccc1C#CCCNC(=O)OC(C)(C)C. The van der Waals surface area contributed by atoms with E-state index in [0.29, 0.717) is 19.6 Å². The number of unbranched alkanes of at least 4 members (excludes halogenated alkanes) is 3. The van der Waals surface area contributed by atoms with Crippen LogP contribution >= 0.6 is 0 Å². The Morgan fingerprint density at radius 1 is 0.909 bits per heavy atom. The van der Waals surface area contributed by atoms with Gasteiger partial charge in [-0.3, -0.25) is 0 Å². The molecule has 1 rings (SSSR count). The number of nitrogens with one attached hydrogen (secondary N) is 1. The number of carbonyl (C=O) groups is 2. The van der Waals surface area contributed by atoms with E-state index in [9.17, 15) is 9.59 Å². The van der Waals surface area contributed by atoms with Gasteiger partial charge in [0.2, 0.25) is 0 Å². The van der Waals surface area contributed by atoms with E-state index in [4.69, 9.17) is 14.2 Å². The molecule has 6 nitrogen and oxygen atoms in total. The lowest BCUT2D eigenvalue weighted by Gasteiger charge is -2.19. The van der Waals surface area contributed by atoms with E-state index in [1.54, 1.807) is 0 Å². The Bertz CT molecular complexity index is 793. The standard InChI is InChI=1S/C27H41NO5/c1-26(2,3)32-24(29)21-31-20-14-8-7-9-15-22-16-10-11-17-23(22)18-12-13-19-28-25(30)33-27(4,5)6/h10-11,16-17H,7-9,13-15,19-21H2,1-6H3,(H,28,30). The first-order valence-corrected chi connectivity index (χ1v) is 11.8. The van der Waals surface area contributed by atoms with E-state index in [-0.39, 0.29) is 12.6 Å². The van der Waals surface area contributed by atoms with Crippen molar-refractivity contribution in [2.75, 3.05) is 19.8 Å². The number of hydrogen-bond donors (Lipinski definition) is 1. The predicted molar refractivity (Wildman–Crippen MR) is 131 cm³/mol. The molecule has 0 atom stereocenters. The van der Waals surface area contributed by atoms with E-state index < -0.39 is 17.3 Å². The second-order valence-electron chi connectivity index (χ2n) is 9.94. The first-order valence-electron chi connectivity index (χ1n) is 11.8. The zero-order valence-corrected chi connectivity index (χ0v) is 21.2. The minimum Gasteiger partial charge on any atom is -0.458 e. The maximum absolute atomic E-state index is 11.6. The van der Waals surface area contributed by atoms with Crippen LogP contribution in [0.4, 0.5) is 4.79 Å². The lowest BCUT2D eigenvalue weighted by atomic mass is 10.0. The summed E-state index contributed by atoms with van der Waals surface area (Å²) in [5.74, 6) is 6.04. The van der Waals surface area contributed by atoms with Crippen LogP contribution in [0.1, 0.15) is 84.8 Å². The normalized spacial score (nSPS) is 11.3. The first-order chi connectivity index (χ1) is 15.5. The molecule has 0 unspecified atom stereocenters. The predicted octanol–water partition coefficient (Wildman–Crippen LogP) is 5.41. The Balaban J connectivity index is 2.24. The Morgan fingerprint density at radius 2 is 1.58 bits per heavy atom. The Labute approximate surface area is 199 Å². The summed E-state index contributed by atoms with van der Waals surface area (Å²) < 4.78 is 15.8. The first kappa shape index (κ1) is 28.5. The fourth-order valence-corrected chi connectivity index (χ4v) is 2.96. The summed E-state index contributed by atoms with van der Waals surface area (Å²) in [5, 5.41) is 2.72. The van der Waals surface area contributed by atoms with Gasteiger partial charge in [-0.1, -0.05) is 42.9 Å². The number of aryl methyl sites for hydroxylation is 1. The van der Waals surface area contributed by atoms with Crippen molar-refractivity contribution < 1.29 is 23.8 Å². The molecule has 1 aromatic carbocycles. The van der Waals surface area contributed by atoms with Gasteiger partial charge < -0.3 is 19.5 Å². The molecule has 184 valence electrons. The van der Waals surface area contributed by atoms with Gasteiger partial charge in [-0.05, 0) is 72.4 Å². The largest absolute Gasteiger partial charge is 0.458 e. The maximum Gasteiger partial charge on any atom is 0.407 e. The third-order valence-electron chi connectivity index (χ3n) is 4.28. The Kier molecular flexibility index (Phi) is 12.6. The zero-order valence-electron chi connectivity index (χ0n) is 21.2. The zero-order chi connectivity index (χ0) is 24.7. The highest BCUT2D eigenvalue weighted by molar-refractivity contribution is 5.71. The molecule has 33 heavy (non-hydrogen) atoms. The number of rotatable bonds is 11. The van der Waals surface area contributed by atoms with Crippen LogP contribution in [0.5, 0.6) is 0 Å². The summed E-state index contributed by atoms with van der Waals surface area (Å²) in [6, 6.07) is 8.19. The summed E-state index contributed by atoms with van der Waals surface area (Å²) in [6.45, 7) is 12.1. The quantitative estimate of drug-likeness (QED) is 0.272. The molecule has 1 aromatic rings. The van der Waals surface area contributed by atoms with Gasteiger partial charge in [-0.25, -0.2) is 9.59 Å².